The van der Waals surface area contributed by atoms with Gasteiger partial charge < -0.3 is 0 Å². The minimum atomic E-state index is -0.451. The smallest absolute Gasteiger partial charge is 0.0865 e. The second-order valence-corrected chi connectivity index (χ2v) is 9.41. The molecule has 2 aromatic carbocycles. The number of rotatable bonds is 11. The molecule has 0 saturated heterocycles. The highest BCUT2D eigenvalue weighted by Crippen LogP contribution is 2.51. The zero-order chi connectivity index (χ0) is 21.6. The van der Waals surface area contributed by atoms with Gasteiger partial charge in [0.15, 0.2) is 0 Å². The molecule has 160 valence electrons. The number of halogens is 1. The first-order chi connectivity index (χ1) is 14.5. The fourth-order valence-electron chi connectivity index (χ4n) is 4.93. The lowest BCUT2D eigenvalue weighted by Crippen LogP contribution is -2.42. The summed E-state index contributed by atoms with van der Waals surface area (Å²) in [6.45, 7) is 7.92. The van der Waals surface area contributed by atoms with Gasteiger partial charge in [0.2, 0.25) is 0 Å². The third-order valence-corrected chi connectivity index (χ3v) is 7.13. The first-order valence-electron chi connectivity index (χ1n) is 11.5. The lowest BCUT2D eigenvalue weighted by molar-refractivity contribution is 0.135. The molecule has 2 nitrogen and oxygen atoms in total. The van der Waals surface area contributed by atoms with E-state index in [1.54, 1.807) is 0 Å². The minimum absolute atomic E-state index is 0.441. The van der Waals surface area contributed by atoms with E-state index in [2.05, 4.69) is 68.1 Å². The Labute approximate surface area is 187 Å². The van der Waals surface area contributed by atoms with Crippen molar-refractivity contribution in [2.24, 2.45) is 5.92 Å². The highest BCUT2D eigenvalue weighted by Gasteiger charge is 2.48. The molecule has 1 saturated carbocycles. The third-order valence-electron chi connectivity index (χ3n) is 6.81. The average Bonchev–Trinajstić information content (AvgIpc) is 3.60. The summed E-state index contributed by atoms with van der Waals surface area (Å²) in [6.07, 6.45) is 6.34. The first kappa shape index (κ1) is 22.9. The fourth-order valence-corrected chi connectivity index (χ4v) is 5.23. The summed E-state index contributed by atoms with van der Waals surface area (Å²) < 4.78 is 0. The van der Waals surface area contributed by atoms with Gasteiger partial charge in [-0.1, -0.05) is 67.1 Å². The topological polar surface area (TPSA) is 27.0 Å². The molecule has 2 atom stereocenters. The number of nitriles is 1. The van der Waals surface area contributed by atoms with Crippen molar-refractivity contribution in [3.8, 4) is 6.07 Å². The molecule has 3 rings (SSSR count). The van der Waals surface area contributed by atoms with Gasteiger partial charge in [0.05, 0.1) is 11.5 Å². The molecule has 1 aliphatic rings. The Morgan fingerprint density at radius 3 is 2.33 bits per heavy atom. The van der Waals surface area contributed by atoms with E-state index in [0.717, 1.165) is 55.7 Å². The van der Waals surface area contributed by atoms with Crippen LogP contribution in [-0.2, 0) is 11.8 Å². The van der Waals surface area contributed by atoms with Gasteiger partial charge in [0.1, 0.15) is 0 Å². The van der Waals surface area contributed by atoms with Gasteiger partial charge in [0.25, 0.3) is 0 Å². The van der Waals surface area contributed by atoms with E-state index in [-0.39, 0.29) is 0 Å². The van der Waals surface area contributed by atoms with Crippen molar-refractivity contribution < 1.29 is 0 Å². The van der Waals surface area contributed by atoms with E-state index in [0.29, 0.717) is 18.0 Å². The minimum Gasteiger partial charge on any atom is -0.298 e. The van der Waals surface area contributed by atoms with Crippen LogP contribution in [0, 0.1) is 17.2 Å². The van der Waals surface area contributed by atoms with Crippen LogP contribution in [0.2, 0.25) is 5.02 Å². The molecule has 0 radical (unpaired) electrons. The molecule has 0 amide bonds. The van der Waals surface area contributed by atoms with Crippen LogP contribution in [0.25, 0.3) is 0 Å². The summed E-state index contributed by atoms with van der Waals surface area (Å²) >= 11 is 6.58. The summed E-state index contributed by atoms with van der Waals surface area (Å²) in [5.74, 6) is 0.441. The van der Waals surface area contributed by atoms with Crippen molar-refractivity contribution in [1.29, 1.82) is 5.26 Å². The maximum Gasteiger partial charge on any atom is 0.0865 e. The van der Waals surface area contributed by atoms with Gasteiger partial charge in [-0.15, -0.1) is 0 Å². The molecular formula is C27H35ClN2. The Balaban J connectivity index is 1.75. The van der Waals surface area contributed by atoms with E-state index in [9.17, 15) is 5.26 Å². The van der Waals surface area contributed by atoms with Gasteiger partial charge in [-0.05, 0) is 75.5 Å². The van der Waals surface area contributed by atoms with Crippen LogP contribution in [0.15, 0.2) is 54.6 Å². The average molecular weight is 423 g/mol. The molecule has 1 fully saturated rings. The molecular weight excluding hydrogens is 388 g/mol. The Kier molecular flexibility index (Phi) is 7.98. The summed E-state index contributed by atoms with van der Waals surface area (Å²) in [7, 11) is 0. The van der Waals surface area contributed by atoms with Gasteiger partial charge in [-0.3, -0.25) is 4.90 Å². The quantitative estimate of drug-likeness (QED) is 0.388. The maximum absolute atomic E-state index is 10.3. The van der Waals surface area contributed by atoms with Crippen LogP contribution >= 0.6 is 11.6 Å². The van der Waals surface area contributed by atoms with Crippen LogP contribution in [0.1, 0.15) is 64.0 Å². The second kappa shape index (κ2) is 10.5. The summed E-state index contributed by atoms with van der Waals surface area (Å²) in [4.78, 5) is 2.63. The first-order valence-corrected chi connectivity index (χ1v) is 11.9. The molecule has 2 unspecified atom stereocenters. The monoisotopic (exact) mass is 422 g/mol. The van der Waals surface area contributed by atoms with Crippen LogP contribution < -0.4 is 0 Å². The number of hydrogen-bond acceptors (Lipinski definition) is 2. The number of benzene rings is 2. The largest absolute Gasteiger partial charge is 0.298 e. The summed E-state index contributed by atoms with van der Waals surface area (Å²) in [5.41, 5.74) is 1.97. The molecule has 0 N–H and O–H groups in total. The Hall–Kier alpha value is -1.82. The highest BCUT2D eigenvalue weighted by molar-refractivity contribution is 6.31. The Bertz CT molecular complexity index is 837. The summed E-state index contributed by atoms with van der Waals surface area (Å²) in [6, 6.07) is 22.4. The van der Waals surface area contributed by atoms with Crippen molar-refractivity contribution in [1.82, 2.24) is 4.90 Å². The van der Waals surface area contributed by atoms with Crippen LogP contribution in [0.3, 0.4) is 0 Å². The molecule has 0 aliphatic heterocycles. The Morgan fingerprint density at radius 2 is 1.77 bits per heavy atom. The third kappa shape index (κ3) is 5.26. The van der Waals surface area contributed by atoms with E-state index >= 15 is 0 Å². The van der Waals surface area contributed by atoms with E-state index in [1.165, 1.54) is 5.56 Å². The number of nitrogens with zero attached hydrogens (tertiary/aromatic N) is 2. The van der Waals surface area contributed by atoms with Gasteiger partial charge in [-0.25, -0.2) is 0 Å². The lowest BCUT2D eigenvalue weighted by atomic mass is 9.73. The normalized spacial score (nSPS) is 17.0. The SMILES string of the molecule is CCC(CCC(C#N)(c1ccccc1Cl)C1CC1)N(CCc1ccccc1)C(C)C. The molecule has 0 aromatic heterocycles. The fraction of sp³-hybridized carbons (Fsp3) is 0.519. The van der Waals surface area contributed by atoms with E-state index in [4.69, 9.17) is 11.6 Å². The summed E-state index contributed by atoms with van der Waals surface area (Å²) in [5, 5.41) is 11.1. The van der Waals surface area contributed by atoms with E-state index in [1.807, 2.05) is 18.2 Å². The molecule has 1 aliphatic carbocycles. The molecule has 3 heteroatoms. The predicted molar refractivity (Wildman–Crippen MR) is 127 cm³/mol. The number of hydrogen-bond donors (Lipinski definition) is 0. The zero-order valence-corrected chi connectivity index (χ0v) is 19.4. The van der Waals surface area contributed by atoms with Crippen LogP contribution in [0.4, 0.5) is 0 Å². The van der Waals surface area contributed by atoms with Crippen molar-refractivity contribution >= 4 is 11.6 Å². The van der Waals surface area contributed by atoms with Crippen molar-refractivity contribution in [3.63, 3.8) is 0 Å². The van der Waals surface area contributed by atoms with Gasteiger partial charge in [-0.2, -0.15) is 5.26 Å². The molecule has 2 aromatic rings. The van der Waals surface area contributed by atoms with Crippen LogP contribution in [0.5, 0.6) is 0 Å². The molecule has 0 spiro atoms. The molecule has 30 heavy (non-hydrogen) atoms. The van der Waals surface area contributed by atoms with Crippen molar-refractivity contribution in [3.05, 3.63) is 70.7 Å². The molecule has 0 bridgehead atoms. The predicted octanol–water partition coefficient (Wildman–Crippen LogP) is 7.02. The highest BCUT2D eigenvalue weighted by atomic mass is 35.5. The zero-order valence-electron chi connectivity index (χ0n) is 18.7. The van der Waals surface area contributed by atoms with E-state index < -0.39 is 5.41 Å². The van der Waals surface area contributed by atoms with Crippen LogP contribution in [-0.4, -0.2) is 23.5 Å². The van der Waals surface area contributed by atoms with Crippen molar-refractivity contribution in [2.75, 3.05) is 6.54 Å². The second-order valence-electron chi connectivity index (χ2n) is 9.01. The maximum atomic E-state index is 10.3. The molecule has 0 heterocycles. The Morgan fingerprint density at radius 1 is 1.10 bits per heavy atom. The van der Waals surface area contributed by atoms with Crippen molar-refractivity contribution in [2.45, 2.75) is 76.8 Å². The van der Waals surface area contributed by atoms with Gasteiger partial charge in [0, 0.05) is 23.7 Å². The standard InChI is InChI=1S/C27H35ClN2/c1-4-24(30(21(2)3)19-17-22-10-6-5-7-11-22)16-18-27(20-29,23-14-15-23)25-12-8-9-13-26(25)28/h5-13,21,23-24H,4,14-19H2,1-3H3. The lowest BCUT2D eigenvalue weighted by Gasteiger charge is -2.37. The van der Waals surface area contributed by atoms with Gasteiger partial charge >= 0.3 is 0 Å².